The molecule has 1 nitrogen and oxygen atoms in total. The van der Waals surface area contributed by atoms with E-state index in [0.29, 0.717) is 0 Å². The second kappa shape index (κ2) is 17.5. The fourth-order valence-corrected chi connectivity index (χ4v) is 10.3. The van der Waals surface area contributed by atoms with Gasteiger partial charge in [-0.1, -0.05) is 238 Å². The Morgan fingerprint density at radius 3 is 1.41 bits per heavy atom. The molecule has 316 valence electrons. The normalized spacial score (nSPS) is 12.4. The summed E-state index contributed by atoms with van der Waals surface area (Å²) in [4.78, 5) is 2.45. The molecule has 10 aromatic carbocycles. The van der Waals surface area contributed by atoms with Gasteiger partial charge in [-0.15, -0.1) is 0 Å². The van der Waals surface area contributed by atoms with E-state index in [-0.39, 0.29) is 11.3 Å². The summed E-state index contributed by atoms with van der Waals surface area (Å²) in [6.45, 7) is 4.72. The molecule has 0 saturated carbocycles. The van der Waals surface area contributed by atoms with Crippen molar-refractivity contribution in [2.45, 2.75) is 31.6 Å². The molecular weight excluding hydrogens is 795 g/mol. The lowest BCUT2D eigenvalue weighted by molar-refractivity contribution is 0.660. The summed E-state index contributed by atoms with van der Waals surface area (Å²) in [6, 6.07) is 93.6. The summed E-state index contributed by atoms with van der Waals surface area (Å²) in [5.74, 6) is 0.144. The van der Waals surface area contributed by atoms with Crippen LogP contribution in [0.15, 0.2) is 255 Å². The van der Waals surface area contributed by atoms with Crippen molar-refractivity contribution < 1.29 is 0 Å². The van der Waals surface area contributed by atoms with E-state index in [1.807, 2.05) is 0 Å². The number of para-hydroxylation sites is 2. The van der Waals surface area contributed by atoms with Crippen LogP contribution in [0.2, 0.25) is 0 Å². The Bertz CT molecular complexity index is 3180. The maximum atomic E-state index is 2.45. The van der Waals surface area contributed by atoms with Gasteiger partial charge in [0.25, 0.3) is 0 Å². The van der Waals surface area contributed by atoms with Crippen LogP contribution in [-0.4, -0.2) is 0 Å². The van der Waals surface area contributed by atoms with E-state index < -0.39 is 0 Å². The first kappa shape index (κ1) is 40.8. The lowest BCUT2D eigenvalue weighted by Gasteiger charge is -2.30. The number of rotatable bonds is 11. The Kier molecular flexibility index (Phi) is 10.8. The molecule has 0 unspecified atom stereocenters. The zero-order chi connectivity index (χ0) is 44.5. The number of anilines is 3. The predicted octanol–water partition coefficient (Wildman–Crippen LogP) is 17.5. The van der Waals surface area contributed by atoms with Crippen molar-refractivity contribution in [1.82, 2.24) is 0 Å². The van der Waals surface area contributed by atoms with Crippen molar-refractivity contribution in [3.63, 3.8) is 0 Å². The molecule has 1 heteroatoms. The number of fused-ring (bicyclic) bond motifs is 3. The smallest absolute Gasteiger partial charge is 0.0540 e. The Morgan fingerprint density at radius 2 is 0.803 bits per heavy atom. The van der Waals surface area contributed by atoms with Crippen LogP contribution in [0.25, 0.3) is 55.6 Å². The van der Waals surface area contributed by atoms with Gasteiger partial charge in [-0.05, 0) is 115 Å². The second-order valence-corrected chi connectivity index (χ2v) is 18.1. The number of hydrogen-bond acceptors (Lipinski definition) is 1. The highest BCUT2D eigenvalue weighted by Gasteiger charge is 2.36. The molecule has 66 heavy (non-hydrogen) atoms. The zero-order valence-electron chi connectivity index (χ0n) is 37.5. The summed E-state index contributed by atoms with van der Waals surface area (Å²) in [5, 5.41) is 0. The molecule has 0 bridgehead atoms. The highest BCUT2D eigenvalue weighted by molar-refractivity contribution is 5.95. The maximum Gasteiger partial charge on any atom is 0.0540 e. The Labute approximate surface area is 390 Å². The number of nitrogens with zero attached hydrogens (tertiary/aromatic N) is 1. The molecule has 0 saturated heterocycles. The predicted molar refractivity (Wildman–Crippen MR) is 279 cm³/mol. The van der Waals surface area contributed by atoms with E-state index in [4.69, 9.17) is 0 Å². The summed E-state index contributed by atoms with van der Waals surface area (Å²) in [6.07, 6.45) is 0.848. The molecule has 11 rings (SSSR count). The molecule has 0 atom stereocenters. The van der Waals surface area contributed by atoms with Gasteiger partial charge in [-0.2, -0.15) is 0 Å². The first-order valence-corrected chi connectivity index (χ1v) is 23.2. The average molecular weight is 846 g/mol. The molecular formula is C65H51N. The maximum absolute atomic E-state index is 2.45. The van der Waals surface area contributed by atoms with Crippen molar-refractivity contribution in [2.24, 2.45) is 0 Å². The monoisotopic (exact) mass is 845 g/mol. The molecule has 1 aliphatic rings. The summed E-state index contributed by atoms with van der Waals surface area (Å²) >= 11 is 0. The van der Waals surface area contributed by atoms with Crippen molar-refractivity contribution in [1.29, 1.82) is 0 Å². The summed E-state index contributed by atoms with van der Waals surface area (Å²) in [7, 11) is 0. The molecule has 0 fully saturated rings. The van der Waals surface area contributed by atoms with Crippen molar-refractivity contribution in [2.75, 3.05) is 4.90 Å². The SMILES string of the molecule is CC1(C)c2ccccc2-c2ccc(N(c3ccccc3)c3ccccc3-c3ccc(CC(c4ccc(-c5ccccc5)cc4)c4ccc(-c5ccccc5)cc4)cc3-c3ccccc3)cc21. The summed E-state index contributed by atoms with van der Waals surface area (Å²) < 4.78 is 0. The third kappa shape index (κ3) is 7.73. The molecule has 0 spiro atoms. The summed E-state index contributed by atoms with van der Waals surface area (Å²) in [5.41, 5.74) is 22.3. The Hall–Kier alpha value is -8.00. The minimum atomic E-state index is -0.119. The van der Waals surface area contributed by atoms with Gasteiger partial charge in [0, 0.05) is 28.3 Å². The Balaban J connectivity index is 1.02. The standard InChI is InChI=1S/C65H51N/c1-65(2)62-29-17-15-27-57(62)58-42-40-55(45-63(58)65)66(54-25-13-6-14-26-54)64-30-18-16-28-59(64)56-41-31-46(44-61(56)51-23-11-5-12-24-51)43-60(52-36-32-49(33-37-52)47-19-7-3-8-20-47)53-38-34-50(35-39-53)48-21-9-4-10-22-48/h3-42,44-45,60H,43H2,1-2H3. The Morgan fingerprint density at radius 1 is 0.333 bits per heavy atom. The lowest BCUT2D eigenvalue weighted by Crippen LogP contribution is -2.16. The molecule has 10 aromatic rings. The molecule has 0 amide bonds. The van der Waals surface area contributed by atoms with Gasteiger partial charge in [0.2, 0.25) is 0 Å². The third-order valence-electron chi connectivity index (χ3n) is 13.7. The fourth-order valence-electron chi connectivity index (χ4n) is 10.3. The van der Waals surface area contributed by atoms with Gasteiger partial charge >= 0.3 is 0 Å². The van der Waals surface area contributed by atoms with Gasteiger partial charge in [0.1, 0.15) is 0 Å². The van der Waals surface area contributed by atoms with Crippen molar-refractivity contribution >= 4 is 17.1 Å². The number of hydrogen-bond donors (Lipinski definition) is 0. The van der Waals surface area contributed by atoms with E-state index >= 15 is 0 Å². The van der Waals surface area contributed by atoms with E-state index in [1.165, 1.54) is 83.5 Å². The molecule has 0 N–H and O–H groups in total. The van der Waals surface area contributed by atoms with Crippen LogP contribution in [0.3, 0.4) is 0 Å². The van der Waals surface area contributed by atoms with Gasteiger partial charge < -0.3 is 4.90 Å². The van der Waals surface area contributed by atoms with Crippen LogP contribution in [0.4, 0.5) is 17.1 Å². The first-order valence-electron chi connectivity index (χ1n) is 23.2. The topological polar surface area (TPSA) is 3.24 Å². The minimum Gasteiger partial charge on any atom is -0.310 e. The van der Waals surface area contributed by atoms with Crippen LogP contribution >= 0.6 is 0 Å². The van der Waals surface area contributed by atoms with Crippen LogP contribution < -0.4 is 4.90 Å². The molecule has 0 radical (unpaired) electrons. The van der Waals surface area contributed by atoms with Crippen LogP contribution in [-0.2, 0) is 11.8 Å². The molecule has 0 aliphatic heterocycles. The van der Waals surface area contributed by atoms with Gasteiger partial charge in [0.15, 0.2) is 0 Å². The third-order valence-corrected chi connectivity index (χ3v) is 13.7. The van der Waals surface area contributed by atoms with E-state index in [1.54, 1.807) is 0 Å². The van der Waals surface area contributed by atoms with Crippen LogP contribution in [0.1, 0.15) is 47.6 Å². The molecule has 1 aliphatic carbocycles. The van der Waals surface area contributed by atoms with Crippen molar-refractivity contribution in [3.8, 4) is 55.6 Å². The fraction of sp³-hybridized carbons (Fsp3) is 0.0769. The largest absolute Gasteiger partial charge is 0.310 e. The molecule has 0 aromatic heterocycles. The van der Waals surface area contributed by atoms with Gasteiger partial charge in [-0.3, -0.25) is 0 Å². The average Bonchev–Trinajstić information content (AvgIpc) is 3.62. The van der Waals surface area contributed by atoms with Crippen LogP contribution in [0.5, 0.6) is 0 Å². The molecule has 0 heterocycles. The zero-order valence-corrected chi connectivity index (χ0v) is 37.5. The van der Waals surface area contributed by atoms with Crippen LogP contribution in [0, 0.1) is 0 Å². The quantitative estimate of drug-likeness (QED) is 0.125. The van der Waals surface area contributed by atoms with Crippen molar-refractivity contribution in [3.05, 3.63) is 283 Å². The first-order chi connectivity index (χ1) is 32.5. The van der Waals surface area contributed by atoms with Gasteiger partial charge in [0.05, 0.1) is 5.69 Å². The van der Waals surface area contributed by atoms with E-state index in [9.17, 15) is 0 Å². The minimum absolute atomic E-state index is 0.119. The second-order valence-electron chi connectivity index (χ2n) is 18.1. The van der Waals surface area contributed by atoms with E-state index in [0.717, 1.165) is 23.5 Å². The van der Waals surface area contributed by atoms with Gasteiger partial charge in [-0.25, -0.2) is 0 Å². The highest BCUT2D eigenvalue weighted by Crippen LogP contribution is 2.51. The number of benzene rings is 10. The van der Waals surface area contributed by atoms with E-state index in [2.05, 4.69) is 274 Å². The highest BCUT2D eigenvalue weighted by atomic mass is 15.1. The lowest BCUT2D eigenvalue weighted by atomic mass is 9.82.